The molecule has 0 spiro atoms. The highest BCUT2D eigenvalue weighted by molar-refractivity contribution is 7.90. The lowest BCUT2D eigenvalue weighted by Gasteiger charge is -2.18. The van der Waals surface area contributed by atoms with Crippen molar-refractivity contribution < 1.29 is 17.9 Å². The monoisotopic (exact) mass is 342 g/mol. The third kappa shape index (κ3) is 3.26. The third-order valence-corrected chi connectivity index (χ3v) is 5.29. The summed E-state index contributed by atoms with van der Waals surface area (Å²) < 4.78 is 28.2. The van der Waals surface area contributed by atoms with Gasteiger partial charge >= 0.3 is 0 Å². The van der Waals surface area contributed by atoms with Crippen LogP contribution >= 0.6 is 0 Å². The molecule has 24 heavy (non-hydrogen) atoms. The van der Waals surface area contributed by atoms with Crippen LogP contribution in [0.15, 0.2) is 52.9 Å². The minimum absolute atomic E-state index is 0.00217. The Labute approximate surface area is 141 Å². The lowest BCUT2D eigenvalue weighted by atomic mass is 9.86. The molecule has 0 amide bonds. The molecule has 0 N–H and O–H groups in total. The fourth-order valence-corrected chi connectivity index (χ4v) is 3.45. The fourth-order valence-electron chi connectivity index (χ4n) is 2.82. The molecule has 5 heteroatoms. The molecule has 124 valence electrons. The van der Waals surface area contributed by atoms with Gasteiger partial charge in [0.25, 0.3) is 0 Å². The Morgan fingerprint density at radius 2 is 1.75 bits per heavy atom. The molecule has 0 saturated heterocycles. The largest absolute Gasteiger partial charge is 0.497 e. The van der Waals surface area contributed by atoms with Gasteiger partial charge in [-0.1, -0.05) is 18.2 Å². The van der Waals surface area contributed by atoms with Crippen LogP contribution in [0.25, 0.3) is 6.08 Å². The molecule has 2 aromatic carbocycles. The number of hydrogen-bond donors (Lipinski definition) is 0. The summed E-state index contributed by atoms with van der Waals surface area (Å²) >= 11 is 0. The molecule has 0 fully saturated rings. The number of Topliss-reactive ketones (excluding diaryl/α,β-unsaturated/α-hetero) is 1. The summed E-state index contributed by atoms with van der Waals surface area (Å²) in [6.45, 7) is 0. The summed E-state index contributed by atoms with van der Waals surface area (Å²) in [5.41, 5.74) is 3.25. The summed E-state index contributed by atoms with van der Waals surface area (Å²) in [5, 5.41) is 0. The minimum atomic E-state index is -3.21. The third-order valence-electron chi connectivity index (χ3n) is 4.17. The Kier molecular flexibility index (Phi) is 4.28. The van der Waals surface area contributed by atoms with E-state index in [2.05, 4.69) is 0 Å². The average molecular weight is 342 g/mol. The number of methoxy groups -OCH3 is 1. The van der Waals surface area contributed by atoms with Crippen molar-refractivity contribution in [1.29, 1.82) is 0 Å². The molecule has 2 aromatic rings. The maximum atomic E-state index is 12.7. The zero-order valence-corrected chi connectivity index (χ0v) is 14.4. The predicted octanol–water partition coefficient (Wildman–Crippen LogP) is 3.31. The highest BCUT2D eigenvalue weighted by Gasteiger charge is 2.22. The van der Waals surface area contributed by atoms with Crippen molar-refractivity contribution in [2.24, 2.45) is 0 Å². The molecule has 0 radical (unpaired) electrons. The molecule has 0 heterocycles. The summed E-state index contributed by atoms with van der Waals surface area (Å²) in [6, 6.07) is 12.1. The topological polar surface area (TPSA) is 60.4 Å². The SMILES string of the molecule is COc1ccc2c(c1)C(=O)/C(=C\c1ccc(S(C)(=O)=O)cc1)CC2. The summed E-state index contributed by atoms with van der Waals surface area (Å²) in [5.74, 6) is 0.670. The normalized spacial score (nSPS) is 16.1. The number of ether oxygens (including phenoxy) is 1. The van der Waals surface area contributed by atoms with Crippen LogP contribution in [0.4, 0.5) is 0 Å². The van der Waals surface area contributed by atoms with E-state index < -0.39 is 9.84 Å². The molecule has 3 rings (SSSR count). The van der Waals surface area contributed by atoms with Crippen LogP contribution in [0.2, 0.25) is 0 Å². The van der Waals surface area contributed by atoms with Gasteiger partial charge in [-0.2, -0.15) is 0 Å². The van der Waals surface area contributed by atoms with Crippen LogP contribution in [0.3, 0.4) is 0 Å². The van der Waals surface area contributed by atoms with Crippen molar-refractivity contribution in [1.82, 2.24) is 0 Å². The van der Waals surface area contributed by atoms with Gasteiger partial charge in [-0.05, 0) is 54.3 Å². The van der Waals surface area contributed by atoms with E-state index in [0.717, 1.165) is 23.1 Å². The quantitative estimate of drug-likeness (QED) is 0.803. The van der Waals surface area contributed by atoms with Gasteiger partial charge in [0.05, 0.1) is 12.0 Å². The van der Waals surface area contributed by atoms with Gasteiger partial charge < -0.3 is 4.74 Å². The number of sulfone groups is 1. The maximum Gasteiger partial charge on any atom is 0.189 e. The molecule has 1 aliphatic carbocycles. The van der Waals surface area contributed by atoms with Crippen molar-refractivity contribution >= 4 is 21.7 Å². The molecule has 1 aliphatic rings. The first kappa shape index (κ1) is 16.5. The number of carbonyl (C=O) groups is 1. The van der Waals surface area contributed by atoms with E-state index in [1.165, 1.54) is 6.26 Å². The number of carbonyl (C=O) groups excluding carboxylic acids is 1. The van der Waals surface area contributed by atoms with Gasteiger partial charge in [-0.3, -0.25) is 4.79 Å². The van der Waals surface area contributed by atoms with Gasteiger partial charge in [0, 0.05) is 17.4 Å². The highest BCUT2D eigenvalue weighted by Crippen LogP contribution is 2.29. The van der Waals surface area contributed by atoms with Crippen LogP contribution in [0, 0.1) is 0 Å². The molecule has 0 unspecified atom stereocenters. The molecule has 0 atom stereocenters. The molecule has 0 saturated carbocycles. The van der Waals surface area contributed by atoms with E-state index >= 15 is 0 Å². The Morgan fingerprint density at radius 3 is 2.38 bits per heavy atom. The molecule has 0 aromatic heterocycles. The first-order chi connectivity index (χ1) is 11.4. The second kappa shape index (κ2) is 6.24. The Bertz CT molecular complexity index is 922. The molecule has 0 aliphatic heterocycles. The molecule has 4 nitrogen and oxygen atoms in total. The van der Waals surface area contributed by atoms with Crippen molar-refractivity contribution in [3.8, 4) is 5.75 Å². The summed E-state index contributed by atoms with van der Waals surface area (Å²) in [7, 11) is -1.63. The van der Waals surface area contributed by atoms with Gasteiger partial charge in [-0.25, -0.2) is 8.42 Å². The molecular weight excluding hydrogens is 324 g/mol. The number of ketones is 1. The smallest absolute Gasteiger partial charge is 0.189 e. The number of benzene rings is 2. The average Bonchev–Trinajstić information content (AvgIpc) is 2.57. The number of fused-ring (bicyclic) bond motifs is 1. The highest BCUT2D eigenvalue weighted by atomic mass is 32.2. The second-order valence-corrected chi connectivity index (χ2v) is 7.88. The lowest BCUT2D eigenvalue weighted by Crippen LogP contribution is -2.14. The molecule has 0 bridgehead atoms. The standard InChI is InChI=1S/C19H18O4S/c1-23-16-8-7-14-5-6-15(19(20)18(14)12-16)11-13-3-9-17(10-4-13)24(2,21)22/h3-4,7-12H,5-6H2,1-2H3/b15-11-. The van der Waals surface area contributed by atoms with Crippen LogP contribution in [-0.2, 0) is 16.3 Å². The van der Waals surface area contributed by atoms with Gasteiger partial charge in [0.1, 0.15) is 5.75 Å². The minimum Gasteiger partial charge on any atom is -0.497 e. The second-order valence-electron chi connectivity index (χ2n) is 5.86. The fraction of sp³-hybridized carbons (Fsp3) is 0.211. The van der Waals surface area contributed by atoms with Crippen molar-refractivity contribution in [2.75, 3.05) is 13.4 Å². The van der Waals surface area contributed by atoms with E-state index in [0.29, 0.717) is 17.7 Å². The van der Waals surface area contributed by atoms with Crippen molar-refractivity contribution in [2.45, 2.75) is 17.7 Å². The first-order valence-electron chi connectivity index (χ1n) is 7.61. The van der Waals surface area contributed by atoms with Crippen LogP contribution in [0.1, 0.15) is 27.9 Å². The predicted molar refractivity (Wildman–Crippen MR) is 93.2 cm³/mol. The van der Waals surface area contributed by atoms with E-state index in [-0.39, 0.29) is 10.7 Å². The number of allylic oxidation sites excluding steroid dienone is 1. The Morgan fingerprint density at radius 1 is 1.04 bits per heavy atom. The zero-order chi connectivity index (χ0) is 17.3. The van der Waals surface area contributed by atoms with E-state index in [9.17, 15) is 13.2 Å². The first-order valence-corrected chi connectivity index (χ1v) is 9.50. The van der Waals surface area contributed by atoms with Crippen LogP contribution in [0.5, 0.6) is 5.75 Å². The van der Waals surface area contributed by atoms with E-state index in [1.54, 1.807) is 37.4 Å². The van der Waals surface area contributed by atoms with Gasteiger partial charge in [0.15, 0.2) is 15.6 Å². The van der Waals surface area contributed by atoms with E-state index in [1.807, 2.05) is 18.2 Å². The van der Waals surface area contributed by atoms with Gasteiger partial charge in [0.2, 0.25) is 0 Å². The Hall–Kier alpha value is -2.40. The van der Waals surface area contributed by atoms with Gasteiger partial charge in [-0.15, -0.1) is 0 Å². The lowest BCUT2D eigenvalue weighted by molar-refractivity contribution is 0.102. The van der Waals surface area contributed by atoms with Crippen LogP contribution in [-0.4, -0.2) is 27.6 Å². The number of aryl methyl sites for hydroxylation is 1. The maximum absolute atomic E-state index is 12.7. The summed E-state index contributed by atoms with van der Waals surface area (Å²) in [4.78, 5) is 13.0. The van der Waals surface area contributed by atoms with Crippen molar-refractivity contribution in [3.05, 3.63) is 64.7 Å². The summed E-state index contributed by atoms with van der Waals surface area (Å²) in [6.07, 6.45) is 4.48. The number of hydrogen-bond acceptors (Lipinski definition) is 4. The Balaban J connectivity index is 1.92. The molecular formula is C19H18O4S. The zero-order valence-electron chi connectivity index (χ0n) is 13.6. The van der Waals surface area contributed by atoms with Crippen molar-refractivity contribution in [3.63, 3.8) is 0 Å². The number of rotatable bonds is 3. The van der Waals surface area contributed by atoms with E-state index in [4.69, 9.17) is 4.74 Å². The van der Waals surface area contributed by atoms with Crippen LogP contribution < -0.4 is 4.74 Å².